The molecule has 13 heavy (non-hydrogen) atoms. The Morgan fingerprint density at radius 3 is 1.85 bits per heavy atom. The zero-order valence-corrected chi connectivity index (χ0v) is 7.44. The van der Waals surface area contributed by atoms with Crippen molar-refractivity contribution >= 4 is 11.9 Å². The zero-order valence-electron chi connectivity index (χ0n) is 7.44. The van der Waals surface area contributed by atoms with Crippen LogP contribution >= 0.6 is 0 Å². The first-order valence-corrected chi connectivity index (χ1v) is 3.76. The lowest BCUT2D eigenvalue weighted by atomic mass is 10.4. The van der Waals surface area contributed by atoms with E-state index < -0.39 is 17.7 Å². The largest absolute Gasteiger partial charge is 0.422 e. The highest BCUT2D eigenvalue weighted by Gasteiger charge is 2.28. The maximum atomic E-state index is 10.9. The normalized spacial score (nSPS) is 22.3. The van der Waals surface area contributed by atoms with Gasteiger partial charge in [0, 0.05) is 13.8 Å². The maximum absolute atomic E-state index is 10.9. The van der Waals surface area contributed by atoms with Crippen molar-refractivity contribution in [1.82, 2.24) is 0 Å². The summed E-state index contributed by atoms with van der Waals surface area (Å²) in [4.78, 5) is 21.9. The van der Waals surface area contributed by atoms with Gasteiger partial charge in [-0.3, -0.25) is 0 Å². The zero-order chi connectivity index (χ0) is 9.90. The number of hydrogen-bond acceptors (Lipinski definition) is 6. The van der Waals surface area contributed by atoms with Gasteiger partial charge in [-0.15, -0.1) is 0 Å². The molecule has 1 rings (SSSR count). The van der Waals surface area contributed by atoms with E-state index in [1.54, 1.807) is 0 Å². The molecule has 0 saturated heterocycles. The number of ether oxygens (including phenoxy) is 2. The lowest BCUT2D eigenvalue weighted by Gasteiger charge is -2.23. The van der Waals surface area contributed by atoms with E-state index in [0.717, 1.165) is 0 Å². The summed E-state index contributed by atoms with van der Waals surface area (Å²) in [6.07, 6.45) is 0. The van der Waals surface area contributed by atoms with E-state index in [1.165, 1.54) is 13.8 Å². The van der Waals surface area contributed by atoms with E-state index in [4.69, 9.17) is 9.47 Å². The summed E-state index contributed by atoms with van der Waals surface area (Å²) in [6.45, 7) is 2.60. The predicted molar refractivity (Wildman–Crippen MR) is 40.9 cm³/mol. The summed E-state index contributed by atoms with van der Waals surface area (Å²) < 4.78 is 9.59. The average molecular weight is 186 g/mol. The van der Waals surface area contributed by atoms with Crippen LogP contribution in [0.3, 0.4) is 0 Å². The van der Waals surface area contributed by atoms with E-state index in [-0.39, 0.29) is 13.1 Å². The van der Waals surface area contributed by atoms with E-state index in [9.17, 15) is 9.59 Å². The number of carbonyl (C=O) groups is 2. The number of esters is 2. The number of nitrogens with zero attached hydrogens (tertiary/aromatic N) is 2. The SMILES string of the molecule is CC1(C)OC(=O)CN=NCC(=O)O1. The van der Waals surface area contributed by atoms with Gasteiger partial charge in [0.15, 0.2) is 13.1 Å². The molecule has 0 bridgehead atoms. The lowest BCUT2D eigenvalue weighted by Crippen LogP contribution is -2.34. The molecule has 1 aliphatic heterocycles. The van der Waals surface area contributed by atoms with Gasteiger partial charge in [-0.2, -0.15) is 10.2 Å². The fourth-order valence-electron chi connectivity index (χ4n) is 0.849. The van der Waals surface area contributed by atoms with Gasteiger partial charge in [0.05, 0.1) is 0 Å². The molecule has 6 nitrogen and oxygen atoms in total. The predicted octanol–water partition coefficient (Wildman–Crippen LogP) is 0.275. The van der Waals surface area contributed by atoms with Crippen LogP contribution in [0.2, 0.25) is 0 Å². The fourth-order valence-corrected chi connectivity index (χ4v) is 0.849. The fraction of sp³-hybridized carbons (Fsp3) is 0.714. The van der Waals surface area contributed by atoms with Crippen LogP contribution in [0.1, 0.15) is 13.8 Å². The van der Waals surface area contributed by atoms with Crippen molar-refractivity contribution in [2.45, 2.75) is 19.6 Å². The number of hydrogen-bond donors (Lipinski definition) is 0. The maximum Gasteiger partial charge on any atom is 0.332 e. The standard InChI is InChI=1S/C7H10N2O4/c1-7(2)12-5(10)3-8-9-4-6(11)13-7/h3-4H2,1-2H3. The Morgan fingerprint density at radius 1 is 1.08 bits per heavy atom. The van der Waals surface area contributed by atoms with Crippen LogP contribution in [-0.4, -0.2) is 30.8 Å². The molecule has 1 heterocycles. The van der Waals surface area contributed by atoms with Gasteiger partial charge in [-0.1, -0.05) is 0 Å². The second-order valence-corrected chi connectivity index (χ2v) is 2.95. The van der Waals surface area contributed by atoms with Crippen molar-refractivity contribution in [1.29, 1.82) is 0 Å². The Hall–Kier alpha value is -1.46. The molecule has 0 aromatic heterocycles. The van der Waals surface area contributed by atoms with Crippen LogP contribution in [-0.2, 0) is 19.1 Å². The Bertz CT molecular complexity index is 235. The van der Waals surface area contributed by atoms with Crippen molar-refractivity contribution in [3.05, 3.63) is 0 Å². The van der Waals surface area contributed by atoms with Crippen LogP contribution in [0.4, 0.5) is 0 Å². The molecule has 1 aliphatic rings. The second kappa shape index (κ2) is 3.51. The Balaban J connectivity index is 2.73. The summed E-state index contributed by atoms with van der Waals surface area (Å²) in [5.74, 6) is -2.37. The van der Waals surface area contributed by atoms with Gasteiger partial charge in [0.2, 0.25) is 0 Å². The first-order valence-electron chi connectivity index (χ1n) is 3.76. The molecule has 0 unspecified atom stereocenters. The summed E-state index contributed by atoms with van der Waals surface area (Å²) in [5.41, 5.74) is 0. The Labute approximate surface area is 74.9 Å². The number of carbonyl (C=O) groups excluding carboxylic acids is 2. The summed E-state index contributed by atoms with van der Waals surface area (Å²) in [7, 11) is 0. The first-order chi connectivity index (χ1) is 5.99. The molecule has 0 spiro atoms. The van der Waals surface area contributed by atoms with Gasteiger partial charge in [-0.25, -0.2) is 9.59 Å². The van der Waals surface area contributed by atoms with E-state index >= 15 is 0 Å². The van der Waals surface area contributed by atoms with Crippen LogP contribution in [0.15, 0.2) is 10.2 Å². The van der Waals surface area contributed by atoms with Crippen molar-refractivity contribution in [2.75, 3.05) is 13.1 Å². The van der Waals surface area contributed by atoms with E-state index in [0.29, 0.717) is 0 Å². The molecule has 72 valence electrons. The summed E-state index contributed by atoms with van der Waals surface area (Å²) in [6, 6.07) is 0. The molecule has 0 amide bonds. The van der Waals surface area contributed by atoms with Gasteiger partial charge in [0.25, 0.3) is 5.79 Å². The van der Waals surface area contributed by atoms with Crippen LogP contribution in [0.5, 0.6) is 0 Å². The van der Waals surface area contributed by atoms with Gasteiger partial charge in [-0.05, 0) is 0 Å². The summed E-state index contributed by atoms with van der Waals surface area (Å²) >= 11 is 0. The third-order valence-corrected chi connectivity index (χ3v) is 1.22. The summed E-state index contributed by atoms with van der Waals surface area (Å²) in [5, 5.41) is 6.87. The quantitative estimate of drug-likeness (QED) is 0.509. The van der Waals surface area contributed by atoms with Crippen LogP contribution < -0.4 is 0 Å². The smallest absolute Gasteiger partial charge is 0.332 e. The molecule has 0 aromatic rings. The van der Waals surface area contributed by atoms with Crippen molar-refractivity contribution in [3.8, 4) is 0 Å². The highest BCUT2D eigenvalue weighted by molar-refractivity contribution is 5.74. The highest BCUT2D eigenvalue weighted by atomic mass is 16.7. The van der Waals surface area contributed by atoms with E-state index in [1.807, 2.05) is 0 Å². The number of cyclic esters (lactones) is 2. The van der Waals surface area contributed by atoms with Crippen molar-refractivity contribution in [3.63, 3.8) is 0 Å². The third kappa shape index (κ3) is 3.18. The molecule has 0 aliphatic carbocycles. The minimum absolute atomic E-state index is 0.180. The van der Waals surface area contributed by atoms with E-state index in [2.05, 4.69) is 10.2 Å². The molecule has 0 fully saturated rings. The molecule has 0 atom stereocenters. The lowest BCUT2D eigenvalue weighted by molar-refractivity contribution is -0.213. The van der Waals surface area contributed by atoms with Gasteiger partial charge in [0.1, 0.15) is 0 Å². The molecular formula is C7H10N2O4. The van der Waals surface area contributed by atoms with Crippen molar-refractivity contribution < 1.29 is 19.1 Å². The van der Waals surface area contributed by atoms with Gasteiger partial charge < -0.3 is 9.47 Å². The minimum Gasteiger partial charge on any atom is -0.422 e. The first kappa shape index (κ1) is 9.63. The Kier molecular flexibility index (Phi) is 2.60. The second-order valence-electron chi connectivity index (χ2n) is 2.95. The van der Waals surface area contributed by atoms with Crippen LogP contribution in [0.25, 0.3) is 0 Å². The molecule has 6 heteroatoms. The average Bonchev–Trinajstić information content (AvgIpc) is 1.99. The molecule has 0 saturated carbocycles. The monoisotopic (exact) mass is 186 g/mol. The topological polar surface area (TPSA) is 77.3 Å². The Morgan fingerprint density at radius 2 is 1.46 bits per heavy atom. The highest BCUT2D eigenvalue weighted by Crippen LogP contribution is 2.13. The van der Waals surface area contributed by atoms with Crippen molar-refractivity contribution in [2.24, 2.45) is 10.2 Å². The van der Waals surface area contributed by atoms with Crippen LogP contribution in [0, 0.1) is 0 Å². The molecule has 0 aromatic carbocycles. The number of azo groups is 1. The van der Waals surface area contributed by atoms with Gasteiger partial charge >= 0.3 is 11.9 Å². The molecule has 0 radical (unpaired) electrons. The number of rotatable bonds is 0. The molecular weight excluding hydrogens is 176 g/mol. The molecule has 0 N–H and O–H groups in total. The third-order valence-electron chi connectivity index (χ3n) is 1.22. The minimum atomic E-state index is -1.23.